The summed E-state index contributed by atoms with van der Waals surface area (Å²) in [7, 11) is 2.08. The van der Waals surface area contributed by atoms with E-state index >= 15 is 0 Å². The average Bonchev–Trinajstić information content (AvgIpc) is 3.23. The fourth-order valence-electron chi connectivity index (χ4n) is 4.17. The van der Waals surface area contributed by atoms with E-state index in [0.717, 1.165) is 58.3 Å². The lowest BCUT2D eigenvalue weighted by atomic mass is 9.87. The standard InChI is InChI=1S/C19H28N4OS/c1-16-3-4-17(25-16)11-23-9-10-24-15-19(14-23)5-7-22(13-19)12-18-20-6-8-21(18)2/h3-4,6,8H,5,7,9-15H2,1-2H3/t19-/m0/s1. The third-order valence-corrected chi connectivity index (χ3v) is 6.48. The van der Waals surface area contributed by atoms with E-state index in [9.17, 15) is 0 Å². The first-order chi connectivity index (χ1) is 12.1. The van der Waals surface area contributed by atoms with Gasteiger partial charge in [-0.3, -0.25) is 9.80 Å². The van der Waals surface area contributed by atoms with Gasteiger partial charge in [0, 0.05) is 60.8 Å². The van der Waals surface area contributed by atoms with Crippen molar-refractivity contribution in [3.63, 3.8) is 0 Å². The van der Waals surface area contributed by atoms with Crippen molar-refractivity contribution in [2.75, 3.05) is 39.4 Å². The van der Waals surface area contributed by atoms with Gasteiger partial charge in [-0.05, 0) is 32.0 Å². The first-order valence-corrected chi connectivity index (χ1v) is 9.98. The van der Waals surface area contributed by atoms with Crippen molar-refractivity contribution in [1.82, 2.24) is 19.4 Å². The molecule has 2 aliphatic rings. The zero-order valence-electron chi connectivity index (χ0n) is 15.3. The molecule has 2 aliphatic heterocycles. The minimum Gasteiger partial charge on any atom is -0.379 e. The Morgan fingerprint density at radius 1 is 1.20 bits per heavy atom. The molecule has 5 nitrogen and oxygen atoms in total. The molecule has 4 rings (SSSR count). The molecule has 136 valence electrons. The van der Waals surface area contributed by atoms with Gasteiger partial charge in [-0.25, -0.2) is 4.98 Å². The van der Waals surface area contributed by atoms with Crippen LogP contribution in [0.5, 0.6) is 0 Å². The highest BCUT2D eigenvalue weighted by Gasteiger charge is 2.41. The van der Waals surface area contributed by atoms with Crippen LogP contribution < -0.4 is 0 Å². The van der Waals surface area contributed by atoms with Gasteiger partial charge in [0.2, 0.25) is 0 Å². The second kappa shape index (κ2) is 7.19. The highest BCUT2D eigenvalue weighted by molar-refractivity contribution is 7.11. The van der Waals surface area contributed by atoms with Crippen LogP contribution in [0.2, 0.25) is 0 Å². The molecule has 0 aliphatic carbocycles. The zero-order valence-corrected chi connectivity index (χ0v) is 16.1. The summed E-state index contributed by atoms with van der Waals surface area (Å²) < 4.78 is 8.15. The van der Waals surface area contributed by atoms with Crippen molar-refractivity contribution in [2.45, 2.75) is 26.4 Å². The maximum Gasteiger partial charge on any atom is 0.122 e. The van der Waals surface area contributed by atoms with E-state index in [4.69, 9.17) is 4.74 Å². The van der Waals surface area contributed by atoms with E-state index in [2.05, 4.69) is 45.5 Å². The van der Waals surface area contributed by atoms with Crippen molar-refractivity contribution in [2.24, 2.45) is 12.5 Å². The van der Waals surface area contributed by atoms with Crippen LogP contribution in [0.15, 0.2) is 24.5 Å². The van der Waals surface area contributed by atoms with Crippen molar-refractivity contribution in [3.05, 3.63) is 40.1 Å². The predicted octanol–water partition coefficient (Wildman–Crippen LogP) is 2.51. The van der Waals surface area contributed by atoms with E-state index < -0.39 is 0 Å². The molecule has 6 heteroatoms. The molecule has 0 aromatic carbocycles. The van der Waals surface area contributed by atoms with Crippen LogP contribution in [0.25, 0.3) is 0 Å². The van der Waals surface area contributed by atoms with Crippen LogP contribution in [0.4, 0.5) is 0 Å². The first kappa shape index (κ1) is 17.2. The van der Waals surface area contributed by atoms with Crippen molar-refractivity contribution in [3.8, 4) is 0 Å². The highest BCUT2D eigenvalue weighted by atomic mass is 32.1. The predicted molar refractivity (Wildman–Crippen MR) is 101 cm³/mol. The van der Waals surface area contributed by atoms with Gasteiger partial charge in [0.1, 0.15) is 5.82 Å². The Hall–Kier alpha value is -1.21. The van der Waals surface area contributed by atoms with Gasteiger partial charge in [0.25, 0.3) is 0 Å². The van der Waals surface area contributed by atoms with Gasteiger partial charge in [-0.15, -0.1) is 11.3 Å². The summed E-state index contributed by atoms with van der Waals surface area (Å²) in [5.74, 6) is 1.15. The number of imidazole rings is 1. The Bertz CT molecular complexity index is 712. The molecule has 2 saturated heterocycles. The third kappa shape index (κ3) is 3.97. The molecule has 2 aromatic heterocycles. The minimum absolute atomic E-state index is 0.272. The summed E-state index contributed by atoms with van der Waals surface area (Å²) in [6.07, 6.45) is 5.14. The number of aryl methyl sites for hydroxylation is 2. The second-order valence-electron chi connectivity index (χ2n) is 7.69. The molecule has 0 bridgehead atoms. The molecule has 0 unspecified atom stereocenters. The van der Waals surface area contributed by atoms with Crippen LogP contribution >= 0.6 is 11.3 Å². The third-order valence-electron chi connectivity index (χ3n) is 5.50. The second-order valence-corrected chi connectivity index (χ2v) is 9.06. The van der Waals surface area contributed by atoms with Gasteiger partial charge >= 0.3 is 0 Å². The Balaban J connectivity index is 1.41. The van der Waals surface area contributed by atoms with Gasteiger partial charge in [0.05, 0.1) is 19.8 Å². The van der Waals surface area contributed by atoms with Crippen LogP contribution in [0.3, 0.4) is 0 Å². The Kier molecular flexibility index (Phi) is 4.95. The number of ether oxygens (including phenoxy) is 1. The maximum atomic E-state index is 6.03. The Labute approximate surface area is 154 Å². The van der Waals surface area contributed by atoms with E-state index in [1.807, 2.05) is 23.7 Å². The van der Waals surface area contributed by atoms with Crippen LogP contribution in [0, 0.1) is 12.3 Å². The first-order valence-electron chi connectivity index (χ1n) is 9.16. The van der Waals surface area contributed by atoms with Crippen LogP contribution in [-0.4, -0.2) is 58.7 Å². The summed E-state index contributed by atoms with van der Waals surface area (Å²) in [6, 6.07) is 4.51. The number of thiophene rings is 1. The molecule has 0 saturated carbocycles. The molecule has 25 heavy (non-hydrogen) atoms. The zero-order chi connectivity index (χ0) is 17.3. The van der Waals surface area contributed by atoms with Gasteiger partial charge < -0.3 is 9.30 Å². The molecular weight excluding hydrogens is 332 g/mol. The highest BCUT2D eigenvalue weighted by Crippen LogP contribution is 2.34. The number of nitrogens with zero attached hydrogens (tertiary/aromatic N) is 4. The largest absolute Gasteiger partial charge is 0.379 e. The van der Waals surface area contributed by atoms with Crippen LogP contribution in [0.1, 0.15) is 22.0 Å². The smallest absolute Gasteiger partial charge is 0.122 e. The molecule has 0 radical (unpaired) electrons. The molecule has 4 heterocycles. The normalized spacial score (nSPS) is 25.7. The molecular formula is C19H28N4OS. The maximum absolute atomic E-state index is 6.03. The molecule has 1 atom stereocenters. The summed E-state index contributed by atoms with van der Waals surface area (Å²) in [4.78, 5) is 12.5. The van der Waals surface area contributed by atoms with Crippen LogP contribution in [-0.2, 0) is 24.9 Å². The number of hydrogen-bond acceptors (Lipinski definition) is 5. The summed E-state index contributed by atoms with van der Waals surface area (Å²) in [5.41, 5.74) is 0.272. The minimum atomic E-state index is 0.272. The topological polar surface area (TPSA) is 33.5 Å². The molecule has 2 aromatic rings. The van der Waals surface area contributed by atoms with E-state index in [0.29, 0.717) is 0 Å². The van der Waals surface area contributed by atoms with E-state index in [1.165, 1.54) is 16.2 Å². The summed E-state index contributed by atoms with van der Waals surface area (Å²) in [5, 5.41) is 0. The fourth-order valence-corrected chi connectivity index (χ4v) is 5.10. The number of rotatable bonds is 4. The lowest BCUT2D eigenvalue weighted by Crippen LogP contribution is -2.40. The number of hydrogen-bond donors (Lipinski definition) is 0. The average molecular weight is 361 g/mol. The van der Waals surface area contributed by atoms with Gasteiger partial charge in [-0.1, -0.05) is 0 Å². The lowest BCUT2D eigenvalue weighted by Gasteiger charge is -2.31. The molecule has 0 amide bonds. The summed E-state index contributed by atoms with van der Waals surface area (Å²) >= 11 is 1.92. The molecule has 2 fully saturated rings. The fraction of sp³-hybridized carbons (Fsp3) is 0.632. The van der Waals surface area contributed by atoms with E-state index in [-0.39, 0.29) is 5.41 Å². The van der Waals surface area contributed by atoms with E-state index in [1.54, 1.807) is 0 Å². The Morgan fingerprint density at radius 2 is 2.04 bits per heavy atom. The monoisotopic (exact) mass is 360 g/mol. The number of aromatic nitrogens is 2. The van der Waals surface area contributed by atoms with Crippen molar-refractivity contribution in [1.29, 1.82) is 0 Å². The quantitative estimate of drug-likeness (QED) is 0.839. The van der Waals surface area contributed by atoms with Gasteiger partial charge in [0.15, 0.2) is 0 Å². The van der Waals surface area contributed by atoms with Crippen molar-refractivity contribution < 1.29 is 4.74 Å². The number of likely N-dealkylation sites (tertiary alicyclic amines) is 1. The van der Waals surface area contributed by atoms with Gasteiger partial charge in [-0.2, -0.15) is 0 Å². The Morgan fingerprint density at radius 3 is 2.76 bits per heavy atom. The lowest BCUT2D eigenvalue weighted by molar-refractivity contribution is 0.0704. The molecule has 1 spiro atoms. The summed E-state index contributed by atoms with van der Waals surface area (Å²) in [6.45, 7) is 10.4. The molecule has 0 N–H and O–H groups in total. The van der Waals surface area contributed by atoms with Crippen molar-refractivity contribution >= 4 is 11.3 Å². The SMILES string of the molecule is Cc1ccc(CN2CCOC[C@]3(CCN(Cc4nccn4C)C3)C2)s1.